The second-order valence-corrected chi connectivity index (χ2v) is 6.49. The molecule has 0 saturated heterocycles. The van der Waals surface area contributed by atoms with Crippen molar-refractivity contribution in [3.05, 3.63) is 35.4 Å². The molecule has 0 aliphatic heterocycles. The first-order valence-corrected chi connectivity index (χ1v) is 8.27. The Morgan fingerprint density at radius 2 is 1.38 bits per heavy atom. The van der Waals surface area contributed by atoms with Crippen molar-refractivity contribution in [1.29, 1.82) is 0 Å². The molecule has 29 heavy (non-hydrogen) atoms. The quantitative estimate of drug-likeness (QED) is 0.426. The van der Waals surface area contributed by atoms with Gasteiger partial charge in [0.1, 0.15) is 0 Å². The Morgan fingerprint density at radius 1 is 0.828 bits per heavy atom. The van der Waals surface area contributed by atoms with Gasteiger partial charge in [0.15, 0.2) is 0 Å². The molecule has 1 unspecified atom stereocenters. The molecule has 0 amide bonds. The highest BCUT2D eigenvalue weighted by atomic mass is 19.4. The number of aryl methyl sites for hydroxylation is 1. The van der Waals surface area contributed by atoms with Crippen molar-refractivity contribution in [2.24, 2.45) is 0 Å². The van der Waals surface area contributed by atoms with Crippen molar-refractivity contribution >= 4 is 0 Å². The summed E-state index contributed by atoms with van der Waals surface area (Å²) in [5.41, 5.74) is 0.0902. The standard InChI is InChI=1S/C17H17F11O/c1-2-3-5-10-6-4-7-11(8-10)12(29)9-13(18,19)14(20,21)15(22,23)16(24,25)17(26,27)28/h4,6-8,12,29H,2-3,5,9H2,1H3. The van der Waals surface area contributed by atoms with Gasteiger partial charge in [-0.25, -0.2) is 0 Å². The lowest BCUT2D eigenvalue weighted by Crippen LogP contribution is -2.66. The van der Waals surface area contributed by atoms with Crippen molar-refractivity contribution < 1.29 is 53.4 Å². The van der Waals surface area contributed by atoms with Crippen molar-refractivity contribution in [3.63, 3.8) is 0 Å². The number of hydrogen-bond acceptors (Lipinski definition) is 1. The van der Waals surface area contributed by atoms with Crippen LogP contribution in [0.15, 0.2) is 24.3 Å². The summed E-state index contributed by atoms with van der Waals surface area (Å²) in [5.74, 6) is -28.1. The zero-order valence-corrected chi connectivity index (χ0v) is 14.8. The highest BCUT2D eigenvalue weighted by Crippen LogP contribution is 2.58. The Labute approximate surface area is 158 Å². The predicted molar refractivity (Wildman–Crippen MR) is 80.5 cm³/mol. The maximum absolute atomic E-state index is 13.8. The first-order valence-electron chi connectivity index (χ1n) is 8.27. The summed E-state index contributed by atoms with van der Waals surface area (Å²) in [6, 6.07) is 4.89. The number of unbranched alkanes of at least 4 members (excludes halogenated alkanes) is 1. The van der Waals surface area contributed by atoms with E-state index in [-0.39, 0.29) is 0 Å². The zero-order valence-electron chi connectivity index (χ0n) is 14.8. The van der Waals surface area contributed by atoms with Gasteiger partial charge in [0.2, 0.25) is 0 Å². The smallest absolute Gasteiger partial charge is 0.388 e. The molecule has 0 bridgehead atoms. The summed E-state index contributed by atoms with van der Waals surface area (Å²) in [7, 11) is 0. The van der Waals surface area contributed by atoms with Gasteiger partial charge in [-0.1, -0.05) is 37.6 Å². The van der Waals surface area contributed by atoms with Crippen molar-refractivity contribution in [2.75, 3.05) is 0 Å². The second kappa shape index (κ2) is 8.27. The number of alkyl halides is 11. The Balaban J connectivity index is 3.17. The summed E-state index contributed by atoms with van der Waals surface area (Å²) in [6.45, 7) is 1.83. The third kappa shape index (κ3) is 4.77. The van der Waals surface area contributed by atoms with Crippen LogP contribution in [0, 0.1) is 0 Å². The molecule has 168 valence electrons. The van der Waals surface area contributed by atoms with Crippen LogP contribution in [0.25, 0.3) is 0 Å². The van der Waals surface area contributed by atoms with Crippen molar-refractivity contribution in [3.8, 4) is 0 Å². The monoisotopic (exact) mass is 446 g/mol. The molecule has 1 atom stereocenters. The largest absolute Gasteiger partial charge is 0.460 e. The molecule has 1 N–H and O–H groups in total. The Morgan fingerprint density at radius 3 is 1.86 bits per heavy atom. The normalized spacial score (nSPS) is 15.5. The van der Waals surface area contributed by atoms with E-state index in [0.29, 0.717) is 18.4 Å². The Bertz CT molecular complexity index is 682. The minimum atomic E-state index is -7.47. The van der Waals surface area contributed by atoms with Crippen LogP contribution in [0.4, 0.5) is 48.3 Å². The van der Waals surface area contributed by atoms with Crippen LogP contribution in [0.1, 0.15) is 43.4 Å². The fourth-order valence-electron chi connectivity index (χ4n) is 2.43. The third-order valence-electron chi connectivity index (χ3n) is 4.21. The third-order valence-corrected chi connectivity index (χ3v) is 4.21. The molecule has 0 heterocycles. The molecule has 0 aromatic heterocycles. The number of halogens is 11. The molecular weight excluding hydrogens is 429 g/mol. The molecule has 1 nitrogen and oxygen atoms in total. The van der Waals surface area contributed by atoms with Gasteiger partial charge in [-0.3, -0.25) is 0 Å². The average molecular weight is 446 g/mol. The molecule has 0 radical (unpaired) electrons. The highest BCUT2D eigenvalue weighted by Gasteiger charge is 2.87. The van der Waals surface area contributed by atoms with E-state index in [9.17, 15) is 53.4 Å². The number of benzene rings is 1. The van der Waals surface area contributed by atoms with Gasteiger partial charge in [-0.05, 0) is 24.0 Å². The summed E-state index contributed by atoms with van der Waals surface area (Å²) in [6.07, 6.45) is -10.4. The van der Waals surface area contributed by atoms with E-state index in [1.54, 1.807) is 0 Å². The van der Waals surface area contributed by atoms with E-state index in [4.69, 9.17) is 0 Å². The van der Waals surface area contributed by atoms with E-state index < -0.39 is 48.0 Å². The molecule has 0 aliphatic rings. The summed E-state index contributed by atoms with van der Waals surface area (Å²) < 4.78 is 143. The average Bonchev–Trinajstić information content (AvgIpc) is 2.58. The molecule has 0 saturated carbocycles. The topological polar surface area (TPSA) is 20.2 Å². The lowest BCUT2D eigenvalue weighted by molar-refractivity contribution is -0.423. The number of aliphatic hydroxyl groups excluding tert-OH is 1. The fourth-order valence-corrected chi connectivity index (χ4v) is 2.43. The first kappa shape index (κ1) is 25.4. The molecule has 0 fully saturated rings. The summed E-state index contributed by atoms with van der Waals surface area (Å²) >= 11 is 0. The minimum Gasteiger partial charge on any atom is -0.388 e. The van der Waals surface area contributed by atoms with Gasteiger partial charge in [-0.2, -0.15) is 48.3 Å². The number of hydrogen-bond donors (Lipinski definition) is 1. The molecule has 1 rings (SSSR count). The molecule has 1 aromatic carbocycles. The first-order chi connectivity index (χ1) is 12.9. The van der Waals surface area contributed by atoms with E-state index in [1.165, 1.54) is 12.1 Å². The van der Waals surface area contributed by atoms with Gasteiger partial charge in [0.25, 0.3) is 0 Å². The van der Waals surface area contributed by atoms with Crippen LogP contribution < -0.4 is 0 Å². The van der Waals surface area contributed by atoms with Gasteiger partial charge >= 0.3 is 29.9 Å². The molecule has 1 aromatic rings. The maximum Gasteiger partial charge on any atom is 0.460 e. The van der Waals surface area contributed by atoms with Gasteiger partial charge < -0.3 is 5.11 Å². The van der Waals surface area contributed by atoms with Gasteiger partial charge in [-0.15, -0.1) is 0 Å². The van der Waals surface area contributed by atoms with Crippen molar-refractivity contribution in [2.45, 2.75) is 68.6 Å². The summed E-state index contributed by atoms with van der Waals surface area (Å²) in [4.78, 5) is 0. The number of aliphatic hydroxyl groups is 1. The lowest BCUT2D eigenvalue weighted by Gasteiger charge is -2.37. The molecule has 0 aliphatic carbocycles. The number of rotatable bonds is 9. The maximum atomic E-state index is 13.8. The summed E-state index contributed by atoms with van der Waals surface area (Å²) in [5, 5.41) is 9.73. The second-order valence-electron chi connectivity index (χ2n) is 6.49. The zero-order chi connectivity index (χ0) is 22.9. The SMILES string of the molecule is CCCCc1cccc(C(O)CC(F)(F)C(F)(F)C(F)(F)C(F)(F)C(F)(F)F)c1. The van der Waals surface area contributed by atoms with E-state index in [0.717, 1.165) is 18.6 Å². The molecule has 0 spiro atoms. The fraction of sp³-hybridized carbons (Fsp3) is 0.647. The minimum absolute atomic E-state index is 0.403. The van der Waals surface area contributed by atoms with Crippen LogP contribution in [-0.4, -0.2) is 35.0 Å². The Hall–Kier alpha value is -1.59. The van der Waals surface area contributed by atoms with Crippen molar-refractivity contribution in [1.82, 2.24) is 0 Å². The lowest BCUT2D eigenvalue weighted by atomic mass is 9.92. The van der Waals surface area contributed by atoms with Crippen LogP contribution >= 0.6 is 0 Å². The van der Waals surface area contributed by atoms with Crippen LogP contribution in [0.5, 0.6) is 0 Å². The Kier molecular flexibility index (Phi) is 7.26. The van der Waals surface area contributed by atoms with Gasteiger partial charge in [0.05, 0.1) is 6.10 Å². The van der Waals surface area contributed by atoms with Gasteiger partial charge in [0, 0.05) is 6.42 Å². The van der Waals surface area contributed by atoms with Crippen LogP contribution in [-0.2, 0) is 6.42 Å². The van der Waals surface area contributed by atoms with E-state index in [2.05, 4.69) is 0 Å². The van der Waals surface area contributed by atoms with Crippen LogP contribution in [0.2, 0.25) is 0 Å². The molecular formula is C17H17F11O. The van der Waals surface area contributed by atoms with Crippen LogP contribution in [0.3, 0.4) is 0 Å². The van der Waals surface area contributed by atoms with E-state index >= 15 is 0 Å². The molecule has 12 heteroatoms. The highest BCUT2D eigenvalue weighted by molar-refractivity contribution is 5.26. The van der Waals surface area contributed by atoms with E-state index in [1.807, 2.05) is 6.92 Å². The predicted octanol–water partition coefficient (Wildman–Crippen LogP) is 6.56.